The van der Waals surface area contributed by atoms with Crippen molar-refractivity contribution in [3.8, 4) is 0 Å². The van der Waals surface area contributed by atoms with E-state index in [4.69, 9.17) is 16.3 Å². The molecule has 1 aliphatic heterocycles. The van der Waals surface area contributed by atoms with Gasteiger partial charge in [-0.05, 0) is 44.5 Å². The van der Waals surface area contributed by atoms with E-state index in [2.05, 4.69) is 10.1 Å². The van der Waals surface area contributed by atoms with Crippen LogP contribution < -0.4 is 14.9 Å². The maximum atomic E-state index is 13.4. The monoisotopic (exact) mass is 456 g/mol. The van der Waals surface area contributed by atoms with Crippen LogP contribution in [0.15, 0.2) is 57.7 Å². The van der Waals surface area contributed by atoms with Gasteiger partial charge in [0, 0.05) is 23.3 Å². The van der Waals surface area contributed by atoms with Gasteiger partial charge in [-0.3, -0.25) is 14.0 Å². The van der Waals surface area contributed by atoms with Crippen LogP contribution >= 0.6 is 22.9 Å². The third-order valence-corrected chi connectivity index (χ3v) is 6.21. The standard InChI is InChI=1S/C22H21ClN4O3S/c1-4-26-12-14(11-24-26)10-17-20(28)27-19(15-6-8-16(23)9-7-15)18(21(29)30-5-2)13(3)25-22(27)31-17/h6-12,19H,4-5H2,1-3H3. The van der Waals surface area contributed by atoms with E-state index in [0.717, 1.165) is 17.7 Å². The van der Waals surface area contributed by atoms with Crippen LogP contribution in [-0.2, 0) is 16.1 Å². The van der Waals surface area contributed by atoms with Gasteiger partial charge in [-0.1, -0.05) is 35.1 Å². The Hall–Kier alpha value is -2.97. The number of aromatic nitrogens is 3. The minimum atomic E-state index is -0.645. The van der Waals surface area contributed by atoms with Crippen LogP contribution in [0, 0.1) is 0 Å². The number of nitrogens with zero attached hydrogens (tertiary/aromatic N) is 4. The highest BCUT2D eigenvalue weighted by Crippen LogP contribution is 2.31. The highest BCUT2D eigenvalue weighted by molar-refractivity contribution is 7.07. The molecule has 0 spiro atoms. The molecule has 0 fully saturated rings. The van der Waals surface area contributed by atoms with Crippen molar-refractivity contribution < 1.29 is 9.53 Å². The van der Waals surface area contributed by atoms with Gasteiger partial charge in [0.05, 0.1) is 34.6 Å². The number of thiazole rings is 1. The van der Waals surface area contributed by atoms with E-state index in [1.807, 2.05) is 25.3 Å². The third kappa shape index (κ3) is 4.00. The van der Waals surface area contributed by atoms with Crippen LogP contribution in [-0.4, -0.2) is 26.9 Å². The summed E-state index contributed by atoms with van der Waals surface area (Å²) in [5.41, 5.74) is 2.25. The lowest BCUT2D eigenvalue weighted by Crippen LogP contribution is -2.39. The zero-order valence-corrected chi connectivity index (χ0v) is 18.9. The molecule has 1 aromatic carbocycles. The Morgan fingerprint density at radius 2 is 2.03 bits per heavy atom. The second kappa shape index (κ2) is 8.64. The van der Waals surface area contributed by atoms with Gasteiger partial charge in [0.1, 0.15) is 0 Å². The molecule has 0 radical (unpaired) electrons. The Bertz CT molecular complexity index is 1350. The Morgan fingerprint density at radius 1 is 1.29 bits per heavy atom. The zero-order valence-electron chi connectivity index (χ0n) is 17.3. The number of fused-ring (bicyclic) bond motifs is 1. The van der Waals surface area contributed by atoms with Crippen molar-refractivity contribution in [2.24, 2.45) is 4.99 Å². The maximum absolute atomic E-state index is 13.4. The van der Waals surface area contributed by atoms with Crippen LogP contribution in [0.3, 0.4) is 0 Å². The van der Waals surface area contributed by atoms with Gasteiger partial charge < -0.3 is 4.74 Å². The summed E-state index contributed by atoms with van der Waals surface area (Å²) in [5.74, 6) is -0.484. The normalized spacial score (nSPS) is 16.3. The number of hydrogen-bond acceptors (Lipinski definition) is 6. The fraction of sp³-hybridized carbons (Fsp3) is 0.273. The molecular weight excluding hydrogens is 436 g/mol. The number of carbonyl (C=O) groups is 1. The molecule has 0 aliphatic carbocycles. The summed E-state index contributed by atoms with van der Waals surface area (Å²) < 4.78 is 9.16. The lowest BCUT2D eigenvalue weighted by Gasteiger charge is -2.24. The van der Waals surface area contributed by atoms with Gasteiger partial charge in [-0.15, -0.1) is 0 Å². The van der Waals surface area contributed by atoms with Gasteiger partial charge in [0.15, 0.2) is 4.80 Å². The van der Waals surface area contributed by atoms with E-state index in [0.29, 0.717) is 25.6 Å². The molecule has 0 bridgehead atoms. The number of hydrogen-bond donors (Lipinski definition) is 0. The molecule has 0 saturated heterocycles. The van der Waals surface area contributed by atoms with E-state index in [-0.39, 0.29) is 12.2 Å². The number of allylic oxidation sites excluding steroid dienone is 1. The van der Waals surface area contributed by atoms with Crippen molar-refractivity contribution in [2.45, 2.75) is 33.4 Å². The Kier molecular flexibility index (Phi) is 5.93. The predicted molar refractivity (Wildman–Crippen MR) is 120 cm³/mol. The molecule has 9 heteroatoms. The smallest absolute Gasteiger partial charge is 0.338 e. The van der Waals surface area contributed by atoms with Crippen molar-refractivity contribution in [2.75, 3.05) is 6.61 Å². The largest absolute Gasteiger partial charge is 0.463 e. The SMILES string of the molecule is CCOC(=O)C1=C(C)N=c2sc(=Cc3cnn(CC)c3)c(=O)n2C1c1ccc(Cl)cc1. The van der Waals surface area contributed by atoms with E-state index in [9.17, 15) is 9.59 Å². The molecule has 3 heterocycles. The quantitative estimate of drug-likeness (QED) is 0.553. The Balaban J connectivity index is 1.93. The molecule has 0 saturated carbocycles. The maximum Gasteiger partial charge on any atom is 0.338 e. The molecule has 160 valence electrons. The molecule has 31 heavy (non-hydrogen) atoms. The van der Waals surface area contributed by atoms with Crippen LogP contribution in [0.25, 0.3) is 6.08 Å². The minimum Gasteiger partial charge on any atom is -0.463 e. The Labute approximate surface area is 187 Å². The second-order valence-electron chi connectivity index (χ2n) is 6.98. The van der Waals surface area contributed by atoms with Crippen molar-refractivity contribution in [3.05, 3.63) is 83.8 Å². The van der Waals surface area contributed by atoms with Crippen LogP contribution in [0.2, 0.25) is 5.02 Å². The van der Waals surface area contributed by atoms with Crippen molar-refractivity contribution in [1.82, 2.24) is 14.3 Å². The molecule has 2 aromatic heterocycles. The summed E-state index contributed by atoms with van der Waals surface area (Å²) in [6, 6.07) is 6.46. The van der Waals surface area contributed by atoms with Gasteiger partial charge in [0.2, 0.25) is 0 Å². The molecule has 1 unspecified atom stereocenters. The second-order valence-corrected chi connectivity index (χ2v) is 8.43. The molecular formula is C22H21ClN4O3S. The number of benzene rings is 1. The summed E-state index contributed by atoms with van der Waals surface area (Å²) in [6.45, 7) is 6.48. The fourth-order valence-corrected chi connectivity index (χ4v) is 4.70. The fourth-order valence-electron chi connectivity index (χ4n) is 3.53. The topological polar surface area (TPSA) is 78.5 Å². The first-order valence-corrected chi connectivity index (χ1v) is 11.1. The van der Waals surface area contributed by atoms with Crippen LogP contribution in [0.1, 0.15) is 37.9 Å². The van der Waals surface area contributed by atoms with Crippen molar-refractivity contribution in [1.29, 1.82) is 0 Å². The molecule has 4 rings (SSSR count). The number of halogens is 1. The van der Waals surface area contributed by atoms with Crippen LogP contribution in [0.4, 0.5) is 0 Å². The van der Waals surface area contributed by atoms with E-state index in [1.54, 1.807) is 47.5 Å². The lowest BCUT2D eigenvalue weighted by molar-refractivity contribution is -0.139. The number of ether oxygens (including phenoxy) is 1. The molecule has 0 amide bonds. The molecule has 3 aromatic rings. The summed E-state index contributed by atoms with van der Waals surface area (Å²) in [5, 5.41) is 4.83. The van der Waals surface area contributed by atoms with Gasteiger partial charge in [0.25, 0.3) is 5.56 Å². The Morgan fingerprint density at radius 3 is 2.68 bits per heavy atom. The first-order chi connectivity index (χ1) is 14.9. The predicted octanol–water partition coefficient (Wildman–Crippen LogP) is 2.67. The molecule has 7 nitrogen and oxygen atoms in total. The number of esters is 1. The highest BCUT2D eigenvalue weighted by atomic mass is 35.5. The van der Waals surface area contributed by atoms with Crippen molar-refractivity contribution in [3.63, 3.8) is 0 Å². The number of rotatable bonds is 5. The van der Waals surface area contributed by atoms with Gasteiger partial charge in [-0.25, -0.2) is 9.79 Å². The summed E-state index contributed by atoms with van der Waals surface area (Å²) >= 11 is 7.35. The summed E-state index contributed by atoms with van der Waals surface area (Å²) in [7, 11) is 0. The minimum absolute atomic E-state index is 0.220. The number of carbonyl (C=O) groups excluding carboxylic acids is 1. The highest BCUT2D eigenvalue weighted by Gasteiger charge is 2.33. The summed E-state index contributed by atoms with van der Waals surface area (Å²) in [4.78, 5) is 31.3. The average molecular weight is 457 g/mol. The first-order valence-electron chi connectivity index (χ1n) is 9.90. The van der Waals surface area contributed by atoms with Gasteiger partial charge >= 0.3 is 5.97 Å². The van der Waals surface area contributed by atoms with E-state index < -0.39 is 12.0 Å². The lowest BCUT2D eigenvalue weighted by atomic mass is 9.96. The van der Waals surface area contributed by atoms with E-state index in [1.165, 1.54) is 11.3 Å². The van der Waals surface area contributed by atoms with E-state index >= 15 is 0 Å². The average Bonchev–Trinajstić information content (AvgIpc) is 3.32. The van der Waals surface area contributed by atoms with Crippen LogP contribution in [0.5, 0.6) is 0 Å². The van der Waals surface area contributed by atoms with Crippen molar-refractivity contribution >= 4 is 35.0 Å². The molecule has 1 aliphatic rings. The first kappa shape index (κ1) is 21.3. The third-order valence-electron chi connectivity index (χ3n) is 4.98. The summed E-state index contributed by atoms with van der Waals surface area (Å²) in [6.07, 6.45) is 5.39. The molecule has 0 N–H and O–H groups in total. The zero-order chi connectivity index (χ0) is 22.1. The van der Waals surface area contributed by atoms with Gasteiger partial charge in [-0.2, -0.15) is 5.10 Å². The molecule has 1 atom stereocenters. The number of aryl methyl sites for hydroxylation is 1.